The number of methoxy groups -OCH3 is 2. The molecule has 1 aliphatic carbocycles. The summed E-state index contributed by atoms with van der Waals surface area (Å²) in [5.74, 6) is 0.619. The van der Waals surface area contributed by atoms with E-state index in [1.165, 1.54) is 4.68 Å². The number of rotatable bonds is 9. The van der Waals surface area contributed by atoms with Crippen molar-refractivity contribution in [2.24, 2.45) is 5.92 Å². The van der Waals surface area contributed by atoms with Gasteiger partial charge in [-0.15, -0.1) is 0 Å². The van der Waals surface area contributed by atoms with Crippen molar-refractivity contribution in [2.75, 3.05) is 20.8 Å². The van der Waals surface area contributed by atoms with E-state index in [1.807, 2.05) is 12.1 Å². The molecular weight excluding hydrogens is 399 g/mol. The number of nitrogens with one attached hydrogen (secondary N) is 1. The van der Waals surface area contributed by atoms with Crippen LogP contribution in [0.25, 0.3) is 0 Å². The predicted octanol–water partition coefficient (Wildman–Crippen LogP) is 3.79. The molecule has 9 heteroatoms. The molecule has 1 saturated carbocycles. The summed E-state index contributed by atoms with van der Waals surface area (Å²) in [7, 11) is 3.12. The van der Waals surface area contributed by atoms with Crippen molar-refractivity contribution >= 4 is 5.91 Å². The molecule has 3 rings (SSSR count). The molecule has 0 bridgehead atoms. The molecule has 1 aliphatic rings. The summed E-state index contributed by atoms with van der Waals surface area (Å²) < 4.78 is 50.9. The van der Waals surface area contributed by atoms with Crippen LogP contribution in [0.5, 0.6) is 11.5 Å². The number of amides is 1. The van der Waals surface area contributed by atoms with Crippen LogP contribution in [-0.4, -0.2) is 36.5 Å². The molecule has 1 N–H and O–H groups in total. The van der Waals surface area contributed by atoms with Crippen molar-refractivity contribution in [3.8, 4) is 11.5 Å². The van der Waals surface area contributed by atoms with Gasteiger partial charge in [-0.25, -0.2) is 0 Å². The average Bonchev–Trinajstić information content (AvgIpc) is 3.46. The lowest BCUT2D eigenvalue weighted by Crippen LogP contribution is -2.33. The number of nitrogens with zero attached hydrogens (tertiary/aromatic N) is 2. The number of halogens is 3. The van der Waals surface area contributed by atoms with Gasteiger partial charge in [-0.1, -0.05) is 13.0 Å². The third-order valence-corrected chi connectivity index (χ3v) is 5.15. The molecule has 30 heavy (non-hydrogen) atoms. The largest absolute Gasteiger partial charge is 0.493 e. The van der Waals surface area contributed by atoms with E-state index in [9.17, 15) is 18.0 Å². The molecule has 164 valence electrons. The van der Waals surface area contributed by atoms with E-state index >= 15 is 0 Å². The maximum atomic E-state index is 13.0. The SMILES string of the molecule is COc1ccc(CCNC(=O)C(C)Cn2nc(C(F)(F)F)cc2C2CC2)cc1OC. The van der Waals surface area contributed by atoms with Gasteiger partial charge in [0.05, 0.1) is 26.7 Å². The summed E-state index contributed by atoms with van der Waals surface area (Å²) in [4.78, 5) is 12.4. The zero-order chi connectivity index (χ0) is 21.9. The normalized spacial score (nSPS) is 15.0. The highest BCUT2D eigenvalue weighted by atomic mass is 19.4. The third-order valence-electron chi connectivity index (χ3n) is 5.15. The number of ether oxygens (including phenoxy) is 2. The van der Waals surface area contributed by atoms with Crippen LogP contribution in [0.2, 0.25) is 0 Å². The predicted molar refractivity (Wildman–Crippen MR) is 105 cm³/mol. The Hall–Kier alpha value is -2.71. The van der Waals surface area contributed by atoms with E-state index in [0.717, 1.165) is 24.5 Å². The highest BCUT2D eigenvalue weighted by Crippen LogP contribution is 2.42. The van der Waals surface area contributed by atoms with Crippen LogP contribution >= 0.6 is 0 Å². The molecule has 1 heterocycles. The Kier molecular flexibility index (Phi) is 6.58. The van der Waals surface area contributed by atoms with Gasteiger partial charge in [0.15, 0.2) is 17.2 Å². The van der Waals surface area contributed by atoms with Crippen LogP contribution in [-0.2, 0) is 23.9 Å². The number of benzene rings is 1. The van der Waals surface area contributed by atoms with E-state index in [4.69, 9.17) is 9.47 Å². The highest BCUT2D eigenvalue weighted by Gasteiger charge is 2.38. The number of carbonyl (C=O) groups excluding carboxylic acids is 1. The number of hydrogen-bond acceptors (Lipinski definition) is 4. The maximum absolute atomic E-state index is 13.0. The first-order valence-electron chi connectivity index (χ1n) is 9.86. The lowest BCUT2D eigenvalue weighted by molar-refractivity contribution is -0.141. The zero-order valence-electron chi connectivity index (χ0n) is 17.3. The molecule has 0 radical (unpaired) electrons. The quantitative estimate of drug-likeness (QED) is 0.664. The fraction of sp³-hybridized carbons (Fsp3) is 0.524. The fourth-order valence-corrected chi connectivity index (χ4v) is 3.31. The summed E-state index contributed by atoms with van der Waals surface area (Å²) in [5, 5.41) is 6.56. The number of aromatic nitrogens is 2. The summed E-state index contributed by atoms with van der Waals surface area (Å²) in [6.07, 6.45) is -2.18. The summed E-state index contributed by atoms with van der Waals surface area (Å²) in [6, 6.07) is 6.65. The smallest absolute Gasteiger partial charge is 0.435 e. The molecule has 1 atom stereocenters. The second-order valence-electron chi connectivity index (χ2n) is 7.54. The van der Waals surface area contributed by atoms with Crippen LogP contribution in [0.4, 0.5) is 13.2 Å². The standard InChI is InChI=1S/C21H26F3N3O3/c1-13(12-27-16(15-5-6-15)11-19(26-27)21(22,23)24)20(28)25-9-8-14-4-7-17(29-2)18(10-14)30-3/h4,7,10-11,13,15H,5-6,8-9,12H2,1-3H3,(H,25,28). The van der Waals surface area contributed by atoms with Crippen molar-refractivity contribution in [1.82, 2.24) is 15.1 Å². The van der Waals surface area contributed by atoms with E-state index in [0.29, 0.717) is 30.2 Å². The van der Waals surface area contributed by atoms with Crippen molar-refractivity contribution in [2.45, 2.75) is 44.8 Å². The highest BCUT2D eigenvalue weighted by molar-refractivity contribution is 5.78. The lowest BCUT2D eigenvalue weighted by atomic mass is 10.1. The summed E-state index contributed by atoms with van der Waals surface area (Å²) in [6.45, 7) is 2.21. The van der Waals surface area contributed by atoms with E-state index in [-0.39, 0.29) is 18.4 Å². The first-order chi connectivity index (χ1) is 14.2. The van der Waals surface area contributed by atoms with Gasteiger partial charge in [0.1, 0.15) is 0 Å². The molecule has 1 aromatic carbocycles. The third kappa shape index (κ3) is 5.25. The molecule has 0 aliphatic heterocycles. The lowest BCUT2D eigenvalue weighted by Gasteiger charge is -2.15. The van der Waals surface area contributed by atoms with E-state index < -0.39 is 17.8 Å². The molecule has 6 nitrogen and oxygen atoms in total. The maximum Gasteiger partial charge on any atom is 0.435 e. The molecule has 0 spiro atoms. The Morgan fingerprint density at radius 2 is 1.93 bits per heavy atom. The fourth-order valence-electron chi connectivity index (χ4n) is 3.31. The van der Waals surface area contributed by atoms with E-state index in [1.54, 1.807) is 27.2 Å². The van der Waals surface area contributed by atoms with Crippen LogP contribution in [0.1, 0.15) is 42.6 Å². The van der Waals surface area contributed by atoms with Crippen molar-refractivity contribution < 1.29 is 27.4 Å². The average molecular weight is 425 g/mol. The van der Waals surface area contributed by atoms with Crippen LogP contribution in [0.15, 0.2) is 24.3 Å². The van der Waals surface area contributed by atoms with Crippen molar-refractivity contribution in [3.05, 3.63) is 41.2 Å². The molecule has 1 amide bonds. The molecule has 1 unspecified atom stereocenters. The van der Waals surface area contributed by atoms with Crippen molar-refractivity contribution in [1.29, 1.82) is 0 Å². The summed E-state index contributed by atoms with van der Waals surface area (Å²) in [5.41, 5.74) is 0.635. The molecule has 1 aromatic heterocycles. The minimum absolute atomic E-state index is 0.105. The van der Waals surface area contributed by atoms with Crippen molar-refractivity contribution in [3.63, 3.8) is 0 Å². The second kappa shape index (κ2) is 8.97. The second-order valence-corrected chi connectivity index (χ2v) is 7.54. The van der Waals surface area contributed by atoms with Gasteiger partial charge in [-0.05, 0) is 43.0 Å². The number of alkyl halides is 3. The first kappa shape index (κ1) is 22.0. The van der Waals surface area contributed by atoms with Gasteiger partial charge in [0.25, 0.3) is 0 Å². The van der Waals surface area contributed by atoms with Gasteiger partial charge in [-0.3, -0.25) is 9.48 Å². The Morgan fingerprint density at radius 3 is 2.53 bits per heavy atom. The Bertz CT molecular complexity index is 891. The van der Waals surface area contributed by atoms with Crippen LogP contribution < -0.4 is 14.8 Å². The Morgan fingerprint density at radius 1 is 1.23 bits per heavy atom. The van der Waals surface area contributed by atoms with Gasteiger partial charge >= 0.3 is 6.18 Å². The molecular formula is C21H26F3N3O3. The summed E-state index contributed by atoms with van der Waals surface area (Å²) >= 11 is 0. The van der Waals surface area contributed by atoms with Crippen LogP contribution in [0.3, 0.4) is 0 Å². The van der Waals surface area contributed by atoms with Gasteiger partial charge in [0, 0.05) is 18.2 Å². The van der Waals surface area contributed by atoms with Gasteiger partial charge in [0.2, 0.25) is 5.91 Å². The minimum atomic E-state index is -4.49. The Balaban J connectivity index is 1.56. The molecule has 0 saturated heterocycles. The number of carbonyl (C=O) groups is 1. The van der Waals surface area contributed by atoms with Gasteiger partial charge in [-0.2, -0.15) is 18.3 Å². The van der Waals surface area contributed by atoms with E-state index in [2.05, 4.69) is 10.4 Å². The first-order valence-corrected chi connectivity index (χ1v) is 9.86. The minimum Gasteiger partial charge on any atom is -0.493 e. The Labute approximate surface area is 173 Å². The molecule has 2 aromatic rings. The van der Waals surface area contributed by atoms with Gasteiger partial charge < -0.3 is 14.8 Å². The monoisotopic (exact) mass is 425 g/mol. The molecule has 1 fully saturated rings. The zero-order valence-corrected chi connectivity index (χ0v) is 17.3. The number of hydrogen-bond donors (Lipinski definition) is 1. The van der Waals surface area contributed by atoms with Crippen LogP contribution in [0, 0.1) is 5.92 Å². The topological polar surface area (TPSA) is 65.4 Å².